The quantitative estimate of drug-likeness (QED) is 0.665. The fraction of sp³-hybridized carbons (Fsp3) is 0.625. The average Bonchev–Trinajstić information content (AvgIpc) is 3.23. The van der Waals surface area contributed by atoms with Crippen LogP contribution in [-0.4, -0.2) is 18.3 Å². The van der Waals surface area contributed by atoms with Crippen LogP contribution in [0.25, 0.3) is 0 Å². The van der Waals surface area contributed by atoms with Crippen molar-refractivity contribution in [3.8, 4) is 0 Å². The summed E-state index contributed by atoms with van der Waals surface area (Å²) in [5, 5.41) is 3.70. The summed E-state index contributed by atoms with van der Waals surface area (Å²) >= 11 is 1.99. The summed E-state index contributed by atoms with van der Waals surface area (Å²) in [5.41, 5.74) is 0. The van der Waals surface area contributed by atoms with Crippen molar-refractivity contribution >= 4 is 11.8 Å². The van der Waals surface area contributed by atoms with E-state index in [2.05, 4.69) is 42.6 Å². The van der Waals surface area contributed by atoms with Crippen LogP contribution < -0.4 is 5.32 Å². The third-order valence-electron chi connectivity index (χ3n) is 3.50. The smallest absolute Gasteiger partial charge is 0.0161 e. The van der Waals surface area contributed by atoms with Gasteiger partial charge in [-0.05, 0) is 43.9 Å². The number of nitrogens with one attached hydrogen (secondary N) is 1. The van der Waals surface area contributed by atoms with Gasteiger partial charge in [-0.25, -0.2) is 0 Å². The van der Waals surface area contributed by atoms with Crippen LogP contribution in [0.1, 0.15) is 39.0 Å². The first kappa shape index (κ1) is 14.0. The molecule has 0 saturated heterocycles. The zero-order valence-corrected chi connectivity index (χ0v) is 12.2. The van der Waals surface area contributed by atoms with Crippen molar-refractivity contribution in [3.05, 3.63) is 30.3 Å². The molecule has 1 fully saturated rings. The molecular formula is C16H25NS. The molecule has 0 amide bonds. The van der Waals surface area contributed by atoms with Gasteiger partial charge in [-0.2, -0.15) is 0 Å². The highest BCUT2D eigenvalue weighted by molar-refractivity contribution is 7.99. The zero-order valence-electron chi connectivity index (χ0n) is 11.4. The molecule has 1 atom stereocenters. The Balaban J connectivity index is 1.72. The van der Waals surface area contributed by atoms with E-state index in [0.717, 1.165) is 12.5 Å². The Bertz CT molecular complexity index is 321. The van der Waals surface area contributed by atoms with Crippen LogP contribution in [0, 0.1) is 5.92 Å². The van der Waals surface area contributed by atoms with E-state index in [1.807, 2.05) is 11.8 Å². The summed E-state index contributed by atoms with van der Waals surface area (Å²) in [6, 6.07) is 11.5. The molecule has 1 saturated carbocycles. The zero-order chi connectivity index (χ0) is 12.6. The molecule has 1 aliphatic rings. The highest BCUT2D eigenvalue weighted by Crippen LogP contribution is 2.34. The van der Waals surface area contributed by atoms with Crippen LogP contribution in [0.2, 0.25) is 0 Å². The van der Waals surface area contributed by atoms with Crippen molar-refractivity contribution in [1.29, 1.82) is 0 Å². The van der Waals surface area contributed by atoms with Crippen molar-refractivity contribution in [2.24, 2.45) is 5.92 Å². The predicted octanol–water partition coefficient (Wildman–Crippen LogP) is 4.34. The van der Waals surface area contributed by atoms with Crippen molar-refractivity contribution in [3.63, 3.8) is 0 Å². The first-order valence-electron chi connectivity index (χ1n) is 7.29. The van der Waals surface area contributed by atoms with Crippen LogP contribution in [-0.2, 0) is 0 Å². The standard InChI is InChI=1S/C16H25NS/c1-2-12-17-15(11-10-14-8-9-14)13-18-16-6-4-3-5-7-16/h3-7,14-15,17H,2,8-13H2,1H3. The lowest BCUT2D eigenvalue weighted by molar-refractivity contribution is 0.489. The Morgan fingerprint density at radius 3 is 2.72 bits per heavy atom. The molecular weight excluding hydrogens is 238 g/mol. The molecule has 1 aromatic rings. The molecule has 0 radical (unpaired) electrons. The van der Waals surface area contributed by atoms with Gasteiger partial charge >= 0.3 is 0 Å². The Morgan fingerprint density at radius 1 is 1.28 bits per heavy atom. The van der Waals surface area contributed by atoms with Crippen LogP contribution in [0.15, 0.2) is 35.2 Å². The third kappa shape index (κ3) is 5.45. The normalized spacial score (nSPS) is 16.7. The summed E-state index contributed by atoms with van der Waals surface area (Å²) in [6.07, 6.45) is 6.97. The van der Waals surface area contributed by atoms with Gasteiger partial charge in [-0.1, -0.05) is 38.0 Å². The molecule has 18 heavy (non-hydrogen) atoms. The van der Waals surface area contributed by atoms with Crippen molar-refractivity contribution < 1.29 is 0 Å². The Hall–Kier alpha value is -0.470. The molecule has 2 heteroatoms. The summed E-state index contributed by atoms with van der Waals surface area (Å²) in [7, 11) is 0. The van der Waals surface area contributed by atoms with E-state index in [9.17, 15) is 0 Å². The van der Waals surface area contributed by atoms with Gasteiger partial charge in [0.1, 0.15) is 0 Å². The second kappa shape index (κ2) is 7.85. The minimum Gasteiger partial charge on any atom is -0.313 e. The largest absolute Gasteiger partial charge is 0.313 e. The molecule has 0 bridgehead atoms. The van der Waals surface area contributed by atoms with Gasteiger partial charge in [-0.15, -0.1) is 11.8 Å². The van der Waals surface area contributed by atoms with Gasteiger partial charge in [0.2, 0.25) is 0 Å². The molecule has 0 aromatic heterocycles. The summed E-state index contributed by atoms with van der Waals surface area (Å²) in [4.78, 5) is 1.40. The summed E-state index contributed by atoms with van der Waals surface area (Å²) in [6.45, 7) is 3.40. The van der Waals surface area contributed by atoms with Crippen LogP contribution >= 0.6 is 11.8 Å². The fourth-order valence-corrected chi connectivity index (χ4v) is 3.18. The monoisotopic (exact) mass is 263 g/mol. The van der Waals surface area contributed by atoms with Gasteiger partial charge < -0.3 is 5.32 Å². The van der Waals surface area contributed by atoms with E-state index in [4.69, 9.17) is 0 Å². The second-order valence-electron chi connectivity index (χ2n) is 5.30. The minimum atomic E-state index is 0.691. The van der Waals surface area contributed by atoms with Gasteiger partial charge in [0.05, 0.1) is 0 Å². The third-order valence-corrected chi connectivity index (χ3v) is 4.67. The highest BCUT2D eigenvalue weighted by atomic mass is 32.2. The highest BCUT2D eigenvalue weighted by Gasteiger charge is 2.22. The molecule has 1 unspecified atom stereocenters. The van der Waals surface area contributed by atoms with Gasteiger partial charge in [0.15, 0.2) is 0 Å². The maximum absolute atomic E-state index is 3.70. The maximum Gasteiger partial charge on any atom is 0.0161 e. The molecule has 1 nitrogen and oxygen atoms in total. The first-order valence-corrected chi connectivity index (χ1v) is 8.28. The van der Waals surface area contributed by atoms with Crippen molar-refractivity contribution in [1.82, 2.24) is 5.32 Å². The lowest BCUT2D eigenvalue weighted by atomic mass is 10.1. The molecule has 2 rings (SSSR count). The first-order chi connectivity index (χ1) is 8.88. The van der Waals surface area contributed by atoms with E-state index in [0.29, 0.717) is 6.04 Å². The maximum atomic E-state index is 3.70. The van der Waals surface area contributed by atoms with E-state index in [1.165, 1.54) is 42.8 Å². The van der Waals surface area contributed by atoms with Gasteiger partial charge in [-0.3, -0.25) is 0 Å². The molecule has 100 valence electrons. The number of thioether (sulfide) groups is 1. The van der Waals surface area contributed by atoms with Crippen molar-refractivity contribution in [2.45, 2.75) is 50.0 Å². The Labute approximate surface area is 116 Å². The molecule has 1 aliphatic carbocycles. The Morgan fingerprint density at radius 2 is 2.06 bits per heavy atom. The summed E-state index contributed by atoms with van der Waals surface area (Å²) in [5.74, 6) is 2.26. The lowest BCUT2D eigenvalue weighted by Crippen LogP contribution is -2.32. The predicted molar refractivity (Wildman–Crippen MR) is 81.2 cm³/mol. The number of rotatable bonds is 9. The second-order valence-corrected chi connectivity index (χ2v) is 6.39. The van der Waals surface area contributed by atoms with Crippen LogP contribution in [0.3, 0.4) is 0 Å². The molecule has 0 heterocycles. The molecule has 0 aliphatic heterocycles. The van der Waals surface area contributed by atoms with E-state index in [-0.39, 0.29) is 0 Å². The minimum absolute atomic E-state index is 0.691. The average molecular weight is 263 g/mol. The van der Waals surface area contributed by atoms with Crippen LogP contribution in [0.4, 0.5) is 0 Å². The lowest BCUT2D eigenvalue weighted by Gasteiger charge is -2.18. The number of hydrogen-bond donors (Lipinski definition) is 1. The fourth-order valence-electron chi connectivity index (χ4n) is 2.15. The molecule has 1 aromatic carbocycles. The Kier molecular flexibility index (Phi) is 6.09. The van der Waals surface area contributed by atoms with E-state index >= 15 is 0 Å². The number of benzene rings is 1. The van der Waals surface area contributed by atoms with E-state index in [1.54, 1.807) is 0 Å². The molecule has 0 spiro atoms. The SMILES string of the molecule is CCCNC(CCC1CC1)CSc1ccccc1. The summed E-state index contributed by atoms with van der Waals surface area (Å²) < 4.78 is 0. The molecule has 1 N–H and O–H groups in total. The van der Waals surface area contributed by atoms with Gasteiger partial charge in [0, 0.05) is 16.7 Å². The van der Waals surface area contributed by atoms with Crippen LogP contribution in [0.5, 0.6) is 0 Å². The van der Waals surface area contributed by atoms with Crippen molar-refractivity contribution in [2.75, 3.05) is 12.3 Å². The van der Waals surface area contributed by atoms with Gasteiger partial charge in [0.25, 0.3) is 0 Å². The van der Waals surface area contributed by atoms with E-state index < -0.39 is 0 Å². The number of hydrogen-bond acceptors (Lipinski definition) is 2. The topological polar surface area (TPSA) is 12.0 Å².